The Morgan fingerprint density at radius 3 is 2.94 bits per heavy atom. The van der Waals surface area contributed by atoms with Crippen molar-refractivity contribution < 1.29 is 0 Å². The molecule has 3 nitrogen and oxygen atoms in total. The van der Waals surface area contributed by atoms with Gasteiger partial charge in [-0.1, -0.05) is 28.1 Å². The minimum absolute atomic E-state index is 0.287. The van der Waals surface area contributed by atoms with Crippen LogP contribution < -0.4 is 5.32 Å². The molecule has 0 saturated heterocycles. The molecule has 1 heterocycles. The van der Waals surface area contributed by atoms with Gasteiger partial charge in [-0.25, -0.2) is 0 Å². The smallest absolute Gasteiger partial charge is 0.0724 e. The lowest BCUT2D eigenvalue weighted by Gasteiger charge is -2.14. The molecule has 1 aromatic heterocycles. The van der Waals surface area contributed by atoms with E-state index in [1.54, 1.807) is 18.6 Å². The molecular weight excluding hydrogens is 278 g/mol. The molecule has 0 radical (unpaired) electrons. The second-order valence-electron chi connectivity index (χ2n) is 3.85. The number of hydrogen-bond acceptors (Lipinski definition) is 3. The Balaban J connectivity index is 1.96. The van der Waals surface area contributed by atoms with Crippen molar-refractivity contribution in [1.29, 1.82) is 0 Å². The van der Waals surface area contributed by atoms with Crippen molar-refractivity contribution in [1.82, 2.24) is 15.3 Å². The van der Waals surface area contributed by atoms with Crippen molar-refractivity contribution in [2.75, 3.05) is 0 Å². The molecule has 88 valence electrons. The third kappa shape index (κ3) is 3.61. The third-order valence-corrected chi connectivity index (χ3v) is 3.05. The SMILES string of the molecule is CC(NCc1cnccn1)c1cccc(Br)c1. The second-order valence-corrected chi connectivity index (χ2v) is 4.77. The Hall–Kier alpha value is -1.26. The first-order valence-corrected chi connectivity index (χ1v) is 6.29. The van der Waals surface area contributed by atoms with Crippen LogP contribution in [0, 0.1) is 0 Å². The summed E-state index contributed by atoms with van der Waals surface area (Å²) >= 11 is 3.48. The first-order chi connectivity index (χ1) is 8.25. The molecule has 0 saturated carbocycles. The second kappa shape index (κ2) is 5.89. The van der Waals surface area contributed by atoms with E-state index in [1.807, 2.05) is 12.1 Å². The molecular formula is C13H14BrN3. The third-order valence-electron chi connectivity index (χ3n) is 2.55. The van der Waals surface area contributed by atoms with Crippen molar-refractivity contribution in [2.24, 2.45) is 0 Å². The minimum Gasteiger partial charge on any atom is -0.305 e. The zero-order valence-corrected chi connectivity index (χ0v) is 11.2. The van der Waals surface area contributed by atoms with E-state index in [1.165, 1.54) is 5.56 Å². The standard InChI is InChI=1S/C13H14BrN3/c1-10(11-3-2-4-12(14)7-11)17-9-13-8-15-5-6-16-13/h2-8,10,17H,9H2,1H3. The molecule has 0 bridgehead atoms. The number of rotatable bonds is 4. The summed E-state index contributed by atoms with van der Waals surface area (Å²) in [6.45, 7) is 2.86. The van der Waals surface area contributed by atoms with Gasteiger partial charge in [0.1, 0.15) is 0 Å². The summed E-state index contributed by atoms with van der Waals surface area (Å²) < 4.78 is 1.10. The molecule has 0 spiro atoms. The number of halogens is 1. The van der Waals surface area contributed by atoms with Gasteiger partial charge in [-0.15, -0.1) is 0 Å². The van der Waals surface area contributed by atoms with Gasteiger partial charge >= 0.3 is 0 Å². The molecule has 0 aliphatic rings. The average molecular weight is 292 g/mol. The molecule has 1 atom stereocenters. The highest BCUT2D eigenvalue weighted by Crippen LogP contribution is 2.17. The highest BCUT2D eigenvalue weighted by molar-refractivity contribution is 9.10. The monoisotopic (exact) mass is 291 g/mol. The predicted molar refractivity (Wildman–Crippen MR) is 71.4 cm³/mol. The molecule has 2 rings (SSSR count). The van der Waals surface area contributed by atoms with Crippen LogP contribution >= 0.6 is 15.9 Å². The van der Waals surface area contributed by atoms with E-state index in [-0.39, 0.29) is 6.04 Å². The van der Waals surface area contributed by atoms with E-state index in [4.69, 9.17) is 0 Å². The lowest BCUT2D eigenvalue weighted by atomic mass is 10.1. The van der Waals surface area contributed by atoms with Gasteiger partial charge in [0.25, 0.3) is 0 Å². The summed E-state index contributed by atoms with van der Waals surface area (Å²) in [7, 11) is 0. The van der Waals surface area contributed by atoms with Crippen molar-refractivity contribution in [3.8, 4) is 0 Å². The van der Waals surface area contributed by atoms with E-state index in [0.717, 1.165) is 16.7 Å². The van der Waals surface area contributed by atoms with E-state index in [9.17, 15) is 0 Å². The van der Waals surface area contributed by atoms with Crippen LogP contribution in [0.15, 0.2) is 47.3 Å². The number of benzene rings is 1. The van der Waals surface area contributed by atoms with Crippen LogP contribution in [-0.4, -0.2) is 9.97 Å². The summed E-state index contributed by atoms with van der Waals surface area (Å²) in [6, 6.07) is 8.58. The van der Waals surface area contributed by atoms with Gasteiger partial charge in [0.2, 0.25) is 0 Å². The van der Waals surface area contributed by atoms with E-state index in [2.05, 4.69) is 50.3 Å². The molecule has 0 fully saturated rings. The number of aromatic nitrogens is 2. The first kappa shape index (κ1) is 12.2. The molecule has 0 amide bonds. The van der Waals surface area contributed by atoms with Crippen LogP contribution in [0.5, 0.6) is 0 Å². The zero-order valence-electron chi connectivity index (χ0n) is 9.60. The van der Waals surface area contributed by atoms with Gasteiger partial charge < -0.3 is 5.32 Å². The number of hydrogen-bond donors (Lipinski definition) is 1. The normalized spacial score (nSPS) is 12.4. The Morgan fingerprint density at radius 1 is 1.35 bits per heavy atom. The van der Waals surface area contributed by atoms with Gasteiger partial charge in [-0.3, -0.25) is 9.97 Å². The van der Waals surface area contributed by atoms with Gasteiger partial charge in [0.15, 0.2) is 0 Å². The van der Waals surface area contributed by atoms with Crippen LogP contribution in [0.25, 0.3) is 0 Å². The van der Waals surface area contributed by atoms with Crippen molar-refractivity contribution in [2.45, 2.75) is 19.5 Å². The highest BCUT2D eigenvalue weighted by atomic mass is 79.9. The lowest BCUT2D eigenvalue weighted by Crippen LogP contribution is -2.18. The number of nitrogens with zero attached hydrogens (tertiary/aromatic N) is 2. The molecule has 1 aromatic carbocycles. The van der Waals surface area contributed by atoms with Gasteiger partial charge in [-0.2, -0.15) is 0 Å². The molecule has 0 aliphatic carbocycles. The lowest BCUT2D eigenvalue weighted by molar-refractivity contribution is 0.566. The zero-order chi connectivity index (χ0) is 12.1. The Bertz CT molecular complexity index is 473. The van der Waals surface area contributed by atoms with Gasteiger partial charge in [0, 0.05) is 35.6 Å². The van der Waals surface area contributed by atoms with E-state index < -0.39 is 0 Å². The van der Waals surface area contributed by atoms with Crippen molar-refractivity contribution in [3.05, 3.63) is 58.6 Å². The highest BCUT2D eigenvalue weighted by Gasteiger charge is 2.05. The maximum absolute atomic E-state index is 4.23. The van der Waals surface area contributed by atoms with Crippen LogP contribution in [0.3, 0.4) is 0 Å². The maximum Gasteiger partial charge on any atom is 0.0724 e. The van der Waals surface area contributed by atoms with Crippen LogP contribution in [0.4, 0.5) is 0 Å². The largest absolute Gasteiger partial charge is 0.305 e. The average Bonchev–Trinajstić information content (AvgIpc) is 2.37. The molecule has 17 heavy (non-hydrogen) atoms. The summed E-state index contributed by atoms with van der Waals surface area (Å²) in [6.07, 6.45) is 5.17. The Kier molecular flexibility index (Phi) is 4.23. The summed E-state index contributed by atoms with van der Waals surface area (Å²) in [5.74, 6) is 0. The van der Waals surface area contributed by atoms with Crippen molar-refractivity contribution in [3.63, 3.8) is 0 Å². The van der Waals surface area contributed by atoms with E-state index in [0.29, 0.717) is 0 Å². The van der Waals surface area contributed by atoms with E-state index >= 15 is 0 Å². The molecule has 4 heteroatoms. The predicted octanol–water partition coefficient (Wildman–Crippen LogP) is 3.09. The first-order valence-electron chi connectivity index (χ1n) is 5.49. The minimum atomic E-state index is 0.287. The molecule has 2 aromatic rings. The Morgan fingerprint density at radius 2 is 2.24 bits per heavy atom. The summed E-state index contributed by atoms with van der Waals surface area (Å²) in [5, 5.41) is 3.42. The Labute approximate surface area is 109 Å². The topological polar surface area (TPSA) is 37.8 Å². The fraction of sp³-hybridized carbons (Fsp3) is 0.231. The van der Waals surface area contributed by atoms with Gasteiger partial charge in [0.05, 0.1) is 5.69 Å². The fourth-order valence-corrected chi connectivity index (χ4v) is 1.99. The quantitative estimate of drug-likeness (QED) is 0.941. The number of nitrogens with one attached hydrogen (secondary N) is 1. The summed E-state index contributed by atoms with van der Waals surface area (Å²) in [5.41, 5.74) is 2.21. The maximum atomic E-state index is 4.23. The molecule has 1 N–H and O–H groups in total. The molecule has 1 unspecified atom stereocenters. The van der Waals surface area contributed by atoms with Gasteiger partial charge in [-0.05, 0) is 24.6 Å². The molecule has 0 aliphatic heterocycles. The fourth-order valence-electron chi connectivity index (χ4n) is 1.57. The van der Waals surface area contributed by atoms with Crippen LogP contribution in [-0.2, 0) is 6.54 Å². The summed E-state index contributed by atoms with van der Waals surface area (Å²) in [4.78, 5) is 8.27. The van der Waals surface area contributed by atoms with Crippen LogP contribution in [0.1, 0.15) is 24.2 Å². The van der Waals surface area contributed by atoms with Crippen molar-refractivity contribution >= 4 is 15.9 Å². The van der Waals surface area contributed by atoms with Crippen LogP contribution in [0.2, 0.25) is 0 Å².